The molecule has 1 unspecified atom stereocenters. The van der Waals surface area contributed by atoms with E-state index in [9.17, 15) is 4.79 Å². The summed E-state index contributed by atoms with van der Waals surface area (Å²) in [6, 6.07) is -0.0487. The van der Waals surface area contributed by atoms with E-state index in [1.54, 1.807) is 16.8 Å². The number of aromatic nitrogens is 1. The van der Waals surface area contributed by atoms with Gasteiger partial charge < -0.3 is 10.0 Å². The summed E-state index contributed by atoms with van der Waals surface area (Å²) in [5, 5.41) is 12.0. The Labute approximate surface area is 130 Å². The van der Waals surface area contributed by atoms with Crippen LogP contribution in [0.25, 0.3) is 0 Å². The van der Waals surface area contributed by atoms with Gasteiger partial charge in [0.1, 0.15) is 5.82 Å². The Balaban J connectivity index is 1.92. The molecular weight excluding hydrogens is 286 g/mol. The summed E-state index contributed by atoms with van der Waals surface area (Å²) in [5.74, 6) is 1.61. The highest BCUT2D eigenvalue weighted by Crippen LogP contribution is 2.28. The van der Waals surface area contributed by atoms with E-state index in [2.05, 4.69) is 24.1 Å². The van der Waals surface area contributed by atoms with Crippen LogP contribution in [0.2, 0.25) is 0 Å². The average Bonchev–Trinajstić information content (AvgIpc) is 2.77. The number of hydrogen-bond donors (Lipinski definition) is 2. The van der Waals surface area contributed by atoms with Crippen molar-refractivity contribution >= 4 is 23.2 Å². The molecule has 1 aliphatic rings. The lowest BCUT2D eigenvalue weighted by Crippen LogP contribution is -2.36. The van der Waals surface area contributed by atoms with Crippen molar-refractivity contribution in [2.45, 2.75) is 45.4 Å². The summed E-state index contributed by atoms with van der Waals surface area (Å²) in [5.41, 5.74) is 1.78. The Morgan fingerprint density at radius 2 is 2.33 bits per heavy atom. The molecule has 6 heteroatoms. The summed E-state index contributed by atoms with van der Waals surface area (Å²) in [4.78, 5) is 19.7. The molecule has 1 fully saturated rings. The maximum absolute atomic E-state index is 12.4. The predicted octanol–water partition coefficient (Wildman–Crippen LogP) is 3.28. The first-order chi connectivity index (χ1) is 10.1. The summed E-state index contributed by atoms with van der Waals surface area (Å²) >= 11 is 1.59. The highest BCUT2D eigenvalue weighted by atomic mass is 32.1. The fourth-order valence-electron chi connectivity index (χ4n) is 2.78. The Kier molecular flexibility index (Phi) is 5.99. The van der Waals surface area contributed by atoms with Crippen molar-refractivity contribution in [3.63, 3.8) is 0 Å². The third kappa shape index (κ3) is 4.41. The van der Waals surface area contributed by atoms with Crippen LogP contribution in [-0.2, 0) is 0 Å². The normalized spacial score (nSPS) is 19.6. The Morgan fingerprint density at radius 1 is 1.52 bits per heavy atom. The Hall–Kier alpha value is -1.14. The van der Waals surface area contributed by atoms with Crippen LogP contribution >= 0.6 is 11.3 Å². The van der Waals surface area contributed by atoms with Crippen LogP contribution in [0.4, 0.5) is 10.6 Å². The van der Waals surface area contributed by atoms with Gasteiger partial charge in [-0.05, 0) is 37.5 Å². The van der Waals surface area contributed by atoms with Gasteiger partial charge in [0.05, 0.1) is 10.4 Å². The topological polar surface area (TPSA) is 65.5 Å². The van der Waals surface area contributed by atoms with Gasteiger partial charge in [0.2, 0.25) is 0 Å². The Bertz CT molecular complexity index is 462. The molecule has 118 valence electrons. The molecule has 0 bridgehead atoms. The molecule has 0 aromatic carbocycles. The van der Waals surface area contributed by atoms with Crippen molar-refractivity contribution in [2.75, 3.05) is 25.0 Å². The van der Waals surface area contributed by atoms with Crippen LogP contribution in [0.3, 0.4) is 0 Å². The second kappa shape index (κ2) is 7.75. The number of urea groups is 1. The molecule has 0 spiro atoms. The first-order valence-corrected chi connectivity index (χ1v) is 8.60. The van der Waals surface area contributed by atoms with Crippen LogP contribution < -0.4 is 5.32 Å². The number of hydrogen-bond acceptors (Lipinski definition) is 4. The van der Waals surface area contributed by atoms with E-state index < -0.39 is 0 Å². The maximum atomic E-state index is 12.4. The van der Waals surface area contributed by atoms with Crippen LogP contribution in [0.5, 0.6) is 0 Å². The molecule has 1 atom stereocenters. The van der Waals surface area contributed by atoms with Crippen molar-refractivity contribution < 1.29 is 9.90 Å². The van der Waals surface area contributed by atoms with E-state index in [0.717, 1.165) is 43.6 Å². The number of nitrogens with one attached hydrogen (secondary N) is 1. The molecule has 1 saturated heterocycles. The lowest BCUT2D eigenvalue weighted by atomic mass is 9.98. The summed E-state index contributed by atoms with van der Waals surface area (Å²) in [6.45, 7) is 6.00. The van der Waals surface area contributed by atoms with Crippen molar-refractivity contribution in [3.8, 4) is 0 Å². The van der Waals surface area contributed by atoms with Crippen LogP contribution in [0.1, 0.15) is 50.3 Å². The maximum Gasteiger partial charge on any atom is 0.323 e. The van der Waals surface area contributed by atoms with Crippen LogP contribution in [0.15, 0.2) is 5.51 Å². The van der Waals surface area contributed by atoms with E-state index in [1.165, 1.54) is 0 Å². The number of carbonyl (C=O) groups is 1. The van der Waals surface area contributed by atoms with Gasteiger partial charge in [-0.3, -0.25) is 5.32 Å². The zero-order valence-corrected chi connectivity index (χ0v) is 13.7. The summed E-state index contributed by atoms with van der Waals surface area (Å²) < 4.78 is 0. The number of thiazole rings is 1. The second-order valence-corrected chi connectivity index (χ2v) is 6.83. The molecule has 2 N–H and O–H groups in total. The first-order valence-electron chi connectivity index (χ1n) is 7.72. The van der Waals surface area contributed by atoms with E-state index in [4.69, 9.17) is 5.11 Å². The van der Waals surface area contributed by atoms with E-state index in [0.29, 0.717) is 17.7 Å². The third-order valence-electron chi connectivity index (χ3n) is 4.02. The number of aliphatic hydroxyl groups is 1. The van der Waals surface area contributed by atoms with E-state index >= 15 is 0 Å². The van der Waals surface area contributed by atoms with Gasteiger partial charge in [-0.2, -0.15) is 0 Å². The molecule has 5 nitrogen and oxygen atoms in total. The molecule has 2 heterocycles. The first kappa shape index (κ1) is 16.2. The molecule has 0 saturated carbocycles. The lowest BCUT2D eigenvalue weighted by Gasteiger charge is -2.21. The molecule has 0 radical (unpaired) electrons. The number of rotatable bonds is 4. The second-order valence-electron chi connectivity index (χ2n) is 5.95. The largest absolute Gasteiger partial charge is 0.396 e. The fourth-order valence-corrected chi connectivity index (χ4v) is 3.54. The average molecular weight is 311 g/mol. The monoisotopic (exact) mass is 311 g/mol. The molecule has 1 aliphatic heterocycles. The van der Waals surface area contributed by atoms with Crippen molar-refractivity contribution in [3.05, 3.63) is 10.4 Å². The molecular formula is C15H25N3O2S. The van der Waals surface area contributed by atoms with Crippen LogP contribution in [0, 0.1) is 5.92 Å². The van der Waals surface area contributed by atoms with Crippen molar-refractivity contribution in [1.29, 1.82) is 0 Å². The number of amides is 2. The number of nitrogens with zero attached hydrogens (tertiary/aromatic N) is 2. The molecule has 1 aromatic rings. The predicted molar refractivity (Wildman–Crippen MR) is 85.8 cm³/mol. The number of anilines is 1. The van der Waals surface area contributed by atoms with E-state index in [1.807, 2.05) is 4.90 Å². The summed E-state index contributed by atoms with van der Waals surface area (Å²) in [6.07, 6.45) is 3.92. The van der Waals surface area contributed by atoms with Gasteiger partial charge >= 0.3 is 6.03 Å². The SMILES string of the molecule is CC(C)c1scnc1NC(=O)N1CCCC(CCO)CC1. The lowest BCUT2D eigenvalue weighted by molar-refractivity contribution is 0.211. The minimum Gasteiger partial charge on any atom is -0.396 e. The zero-order valence-electron chi connectivity index (χ0n) is 12.8. The number of likely N-dealkylation sites (tertiary alicyclic amines) is 1. The highest BCUT2D eigenvalue weighted by molar-refractivity contribution is 7.10. The third-order valence-corrected chi connectivity index (χ3v) is 5.15. The van der Waals surface area contributed by atoms with Crippen LogP contribution in [-0.4, -0.2) is 40.7 Å². The number of aliphatic hydroxyl groups excluding tert-OH is 1. The minimum absolute atomic E-state index is 0.0487. The van der Waals surface area contributed by atoms with Gasteiger partial charge in [-0.25, -0.2) is 9.78 Å². The molecule has 1 aromatic heterocycles. The zero-order chi connectivity index (χ0) is 15.2. The van der Waals surface area contributed by atoms with Gasteiger partial charge in [0.25, 0.3) is 0 Å². The molecule has 21 heavy (non-hydrogen) atoms. The van der Waals surface area contributed by atoms with E-state index in [-0.39, 0.29) is 12.6 Å². The minimum atomic E-state index is -0.0487. The standard InChI is InChI=1S/C15H25N3O2S/c1-11(2)13-14(16-10-21-13)17-15(20)18-7-3-4-12(5-8-18)6-9-19/h10-12,19H,3-9H2,1-2H3,(H,17,20). The summed E-state index contributed by atoms with van der Waals surface area (Å²) in [7, 11) is 0. The highest BCUT2D eigenvalue weighted by Gasteiger charge is 2.22. The number of carbonyl (C=O) groups excluding carboxylic acids is 1. The Morgan fingerprint density at radius 3 is 3.05 bits per heavy atom. The van der Waals surface area contributed by atoms with Crippen molar-refractivity contribution in [2.24, 2.45) is 5.92 Å². The van der Waals surface area contributed by atoms with Gasteiger partial charge in [-0.15, -0.1) is 11.3 Å². The molecule has 2 rings (SSSR count). The molecule has 2 amide bonds. The smallest absolute Gasteiger partial charge is 0.323 e. The van der Waals surface area contributed by atoms with Crippen molar-refractivity contribution in [1.82, 2.24) is 9.88 Å². The fraction of sp³-hybridized carbons (Fsp3) is 0.733. The van der Waals surface area contributed by atoms with Gasteiger partial charge in [0.15, 0.2) is 0 Å². The molecule has 0 aliphatic carbocycles. The quantitative estimate of drug-likeness (QED) is 0.897. The van der Waals surface area contributed by atoms with Gasteiger partial charge in [0, 0.05) is 19.7 Å². The van der Waals surface area contributed by atoms with Gasteiger partial charge in [-0.1, -0.05) is 13.8 Å².